The summed E-state index contributed by atoms with van der Waals surface area (Å²) in [4.78, 5) is 10.9. The van der Waals surface area contributed by atoms with Gasteiger partial charge in [-0.2, -0.15) is 0 Å². The molecule has 0 atom stereocenters. The van der Waals surface area contributed by atoms with Crippen molar-refractivity contribution in [3.63, 3.8) is 0 Å². The molecule has 0 aromatic carbocycles. The largest absolute Gasteiger partial charge is 1.00 e. The van der Waals surface area contributed by atoms with E-state index >= 15 is 0 Å². The summed E-state index contributed by atoms with van der Waals surface area (Å²) >= 11 is 0. The summed E-state index contributed by atoms with van der Waals surface area (Å²) in [6.07, 6.45) is -0.694. The number of nitrogens with one attached hydrogen (secondary N) is 3. The minimum Gasteiger partial charge on any atom is -0.693 e. The third-order valence-corrected chi connectivity index (χ3v) is 1.50. The van der Waals surface area contributed by atoms with Crippen LogP contribution in [-0.2, 0) is 31.3 Å². The molecule has 0 aliphatic heterocycles. The Labute approximate surface area is 99.0 Å². The molecule has 92 valence electrons. The number of hydrogen-bond donors (Lipinski definition) is 3. The molecular weight excluding hydrogens is 252 g/mol. The Morgan fingerprint density at radius 2 is 1.87 bits per heavy atom. The molecule has 0 aromatic rings. The van der Waals surface area contributed by atoms with Gasteiger partial charge in [0.05, 0.1) is 0 Å². The molecule has 0 aliphatic carbocycles. The van der Waals surface area contributed by atoms with E-state index in [2.05, 4.69) is 5.32 Å². The van der Waals surface area contributed by atoms with Crippen molar-refractivity contribution in [2.45, 2.75) is 13.3 Å². The number of carbonyl (C=O) groups excluding carboxylic acids is 1. The third-order valence-electron chi connectivity index (χ3n) is 1.50. The first-order chi connectivity index (χ1) is 6.56. The van der Waals surface area contributed by atoms with Gasteiger partial charge in [-0.05, 0) is 6.92 Å². The van der Waals surface area contributed by atoms with E-state index < -0.39 is 12.3 Å². The van der Waals surface area contributed by atoms with Crippen LogP contribution in [0.4, 0.5) is 0 Å². The van der Waals surface area contributed by atoms with Crippen LogP contribution >= 0.6 is 0 Å². The average Bonchev–Trinajstić information content (AvgIpc) is 2.23. The van der Waals surface area contributed by atoms with Gasteiger partial charge in [0.2, 0.25) is 12.3 Å². The van der Waals surface area contributed by atoms with Crippen molar-refractivity contribution in [3.8, 4) is 0 Å². The molecule has 0 radical (unpaired) electrons. The molecule has 0 aromatic heterocycles. The summed E-state index contributed by atoms with van der Waals surface area (Å²) in [5.41, 5.74) is 9.23. The molecule has 0 unspecified atom stereocenters. The number of amides is 1. The molecule has 5 N–H and O–H groups in total. The van der Waals surface area contributed by atoms with E-state index in [-0.39, 0.29) is 22.8 Å². The zero-order valence-electron chi connectivity index (χ0n) is 8.68. The van der Waals surface area contributed by atoms with Gasteiger partial charge in [-0.15, -0.1) is 0 Å². The van der Waals surface area contributed by atoms with Gasteiger partial charge in [0.1, 0.15) is 0 Å². The van der Waals surface area contributed by atoms with Gasteiger partial charge in [-0.25, -0.2) is 5.84 Å². The van der Waals surface area contributed by atoms with Crippen LogP contribution in [0.1, 0.15) is 6.92 Å². The van der Waals surface area contributed by atoms with Crippen molar-refractivity contribution in [2.24, 2.45) is 5.84 Å². The Morgan fingerprint density at radius 3 is 2.20 bits per heavy atom. The Balaban J connectivity index is 0. The van der Waals surface area contributed by atoms with E-state index in [4.69, 9.17) is 21.1 Å². The smallest absolute Gasteiger partial charge is 0.693 e. The number of nitrogens with two attached hydrogens (primary N) is 1. The number of hydrazine groups is 1. The Kier molecular flexibility index (Phi) is 9.44. The summed E-state index contributed by atoms with van der Waals surface area (Å²) in [5.74, 6) is 4.18. The maximum Gasteiger partial charge on any atom is 1.00 e. The molecule has 0 saturated carbocycles. The summed E-state index contributed by atoms with van der Waals surface area (Å²) in [7, 11) is 2.86. The normalized spacial score (nSPS) is 11.5. The summed E-state index contributed by atoms with van der Waals surface area (Å²) in [5, 5.41) is 2.66. The topological polar surface area (TPSA) is 109 Å². The maximum absolute atomic E-state index is 10.9. The van der Waals surface area contributed by atoms with E-state index in [1.165, 1.54) is 14.2 Å². The minimum absolute atomic E-state index is 0. The van der Waals surface area contributed by atoms with Crippen LogP contribution in [0.15, 0.2) is 11.4 Å². The van der Waals surface area contributed by atoms with Crippen LogP contribution in [0.25, 0.3) is 5.73 Å². The Hall–Kier alpha value is -0.791. The molecule has 0 fully saturated rings. The van der Waals surface area contributed by atoms with Gasteiger partial charge < -0.3 is 20.5 Å². The van der Waals surface area contributed by atoms with Crippen LogP contribution in [-0.4, -0.2) is 26.5 Å². The number of hydrogen-bond acceptors (Lipinski definition) is 5. The van der Waals surface area contributed by atoms with E-state index in [9.17, 15) is 4.79 Å². The van der Waals surface area contributed by atoms with Gasteiger partial charge in [-0.3, -0.25) is 10.2 Å². The second-order valence-corrected chi connectivity index (χ2v) is 2.42. The summed E-state index contributed by atoms with van der Waals surface area (Å²) in [6.45, 7) is 1.54. The Bertz CT molecular complexity index is 230. The fourth-order valence-corrected chi connectivity index (χ4v) is 0.705. The number of methoxy groups -OCH3 is 2. The molecule has 0 saturated heterocycles. The number of carbonyl (C=O) groups is 1. The number of ether oxygens (including phenoxy) is 2. The average molecular weight is 267 g/mol. The molecule has 0 aliphatic rings. The van der Waals surface area contributed by atoms with Crippen LogP contribution in [0.3, 0.4) is 0 Å². The molecule has 0 bridgehead atoms. The van der Waals surface area contributed by atoms with Crippen molar-refractivity contribution in [1.29, 1.82) is 0 Å². The van der Waals surface area contributed by atoms with Gasteiger partial charge in [0.25, 0.3) is 0 Å². The van der Waals surface area contributed by atoms with Crippen LogP contribution in [0.2, 0.25) is 0 Å². The minimum atomic E-state index is -0.694. The monoisotopic (exact) mass is 266 g/mol. The molecule has 0 rings (SSSR count). The van der Waals surface area contributed by atoms with Crippen LogP contribution < -0.4 is 16.6 Å². The van der Waals surface area contributed by atoms with E-state index in [1.54, 1.807) is 6.92 Å². The fraction of sp³-hybridized carbons (Fsp3) is 0.571. The zero-order valence-corrected chi connectivity index (χ0v) is 9.62. The number of allylic oxidation sites excluding steroid dienone is 1. The van der Waals surface area contributed by atoms with Crippen molar-refractivity contribution in [1.82, 2.24) is 10.7 Å². The zero-order chi connectivity index (χ0) is 11.1. The predicted octanol–water partition coefficient (Wildman–Crippen LogP) is -0.576. The number of rotatable bonds is 5. The van der Waals surface area contributed by atoms with E-state index in [0.717, 1.165) is 0 Å². The molecule has 7 nitrogen and oxygen atoms in total. The SMILES string of the molecule is COC(N/C(C)=C(\[NH-])C(=O)NN)OC.[Cu+]. The van der Waals surface area contributed by atoms with Gasteiger partial charge in [-0.1, -0.05) is 5.70 Å². The third kappa shape index (κ3) is 5.60. The van der Waals surface area contributed by atoms with Gasteiger partial charge >= 0.3 is 17.1 Å². The van der Waals surface area contributed by atoms with Gasteiger partial charge in [0, 0.05) is 19.9 Å². The molecule has 15 heavy (non-hydrogen) atoms. The van der Waals surface area contributed by atoms with Gasteiger partial charge in [0.15, 0.2) is 0 Å². The van der Waals surface area contributed by atoms with Crippen molar-refractivity contribution in [3.05, 3.63) is 17.1 Å². The predicted molar refractivity (Wildman–Crippen MR) is 50.3 cm³/mol. The molecular formula is C7H15CuN4O3. The molecule has 1 amide bonds. The van der Waals surface area contributed by atoms with Crippen molar-refractivity contribution in [2.75, 3.05) is 14.2 Å². The van der Waals surface area contributed by atoms with Crippen LogP contribution in [0, 0.1) is 0 Å². The quantitative estimate of drug-likeness (QED) is 0.154. The fourth-order valence-electron chi connectivity index (χ4n) is 0.705. The molecule has 0 spiro atoms. The Morgan fingerprint density at radius 1 is 1.40 bits per heavy atom. The van der Waals surface area contributed by atoms with E-state index in [1.807, 2.05) is 5.43 Å². The van der Waals surface area contributed by atoms with E-state index in [0.29, 0.717) is 5.70 Å². The van der Waals surface area contributed by atoms with Crippen LogP contribution in [0.5, 0.6) is 0 Å². The second-order valence-electron chi connectivity index (χ2n) is 2.42. The molecule has 8 heteroatoms. The van der Waals surface area contributed by atoms with Crippen molar-refractivity contribution < 1.29 is 31.3 Å². The maximum atomic E-state index is 10.9. The molecule has 0 heterocycles. The first-order valence-corrected chi connectivity index (χ1v) is 3.82. The standard InChI is InChI=1S/C7H15N4O3.Cu/c1-4(5(8)6(12)11-9)10-7(13-2)14-3;/h7-8H,9H2,1-3H3,(H2,10,11,12);/q-1;+1. The first-order valence-electron chi connectivity index (χ1n) is 3.82. The summed E-state index contributed by atoms with van der Waals surface area (Å²) in [6, 6.07) is 0. The summed E-state index contributed by atoms with van der Waals surface area (Å²) < 4.78 is 9.64. The van der Waals surface area contributed by atoms with Crippen molar-refractivity contribution >= 4 is 5.91 Å². The first kappa shape index (κ1) is 16.6. The second kappa shape index (κ2) is 8.51.